The largest absolute Gasteiger partial charge is 0.479 e. The van der Waals surface area contributed by atoms with Crippen molar-refractivity contribution in [1.82, 2.24) is 0 Å². The Hall–Kier alpha value is -2.41. The number of carbonyl (C=O) groups excluding carboxylic acids is 1. The average molecular weight is 372 g/mol. The van der Waals surface area contributed by atoms with E-state index < -0.39 is 24.4 Å². The van der Waals surface area contributed by atoms with Crippen molar-refractivity contribution < 1.29 is 27.4 Å². The van der Waals surface area contributed by atoms with Crippen molar-refractivity contribution in [1.29, 1.82) is 0 Å². The van der Waals surface area contributed by atoms with E-state index >= 15 is 0 Å². The molecule has 1 heterocycles. The molecule has 132 valence electrons. The third kappa shape index (κ3) is 3.82. The maximum atomic E-state index is 13.1. The molecule has 1 aliphatic rings. The number of hydrogen-bond donors (Lipinski definition) is 0. The molecule has 0 aliphatic carbocycles. The van der Waals surface area contributed by atoms with Crippen LogP contribution < -0.4 is 14.4 Å². The van der Waals surface area contributed by atoms with E-state index in [0.717, 1.165) is 6.07 Å². The number of rotatable bonds is 5. The monoisotopic (exact) mass is 371 g/mol. The molecule has 1 saturated heterocycles. The van der Waals surface area contributed by atoms with Gasteiger partial charge in [-0.25, -0.2) is 4.39 Å². The van der Waals surface area contributed by atoms with Gasteiger partial charge in [-0.3, -0.25) is 4.79 Å². The SMILES string of the molecule is O=C1[C@@H](Oc2ccc(F)cc2Cl)CCN1c1ccccc1OC(F)F. The van der Waals surface area contributed by atoms with Gasteiger partial charge in [0, 0.05) is 13.0 Å². The van der Waals surface area contributed by atoms with E-state index in [2.05, 4.69) is 4.74 Å². The second-order valence-electron chi connectivity index (χ2n) is 5.31. The molecule has 1 fully saturated rings. The highest BCUT2D eigenvalue weighted by Gasteiger charge is 2.36. The molecule has 0 aromatic heterocycles. The van der Waals surface area contributed by atoms with Crippen molar-refractivity contribution in [3.63, 3.8) is 0 Å². The summed E-state index contributed by atoms with van der Waals surface area (Å²) in [6, 6.07) is 9.62. The smallest absolute Gasteiger partial charge is 0.387 e. The second kappa shape index (κ2) is 7.23. The number of hydrogen-bond acceptors (Lipinski definition) is 3. The number of para-hydroxylation sites is 2. The normalized spacial score (nSPS) is 17.2. The molecular formula is C17H13ClF3NO3. The number of ether oxygens (including phenoxy) is 2. The molecule has 0 N–H and O–H groups in total. The Kier molecular flexibility index (Phi) is 5.03. The number of alkyl halides is 2. The highest BCUT2D eigenvalue weighted by atomic mass is 35.5. The molecule has 2 aromatic rings. The van der Waals surface area contributed by atoms with E-state index in [1.54, 1.807) is 6.07 Å². The van der Waals surface area contributed by atoms with Crippen LogP contribution in [0.5, 0.6) is 11.5 Å². The van der Waals surface area contributed by atoms with Gasteiger partial charge < -0.3 is 14.4 Å². The average Bonchev–Trinajstić information content (AvgIpc) is 2.91. The van der Waals surface area contributed by atoms with Crippen LogP contribution in [0.15, 0.2) is 42.5 Å². The summed E-state index contributed by atoms with van der Waals surface area (Å²) in [7, 11) is 0. The summed E-state index contributed by atoms with van der Waals surface area (Å²) in [4.78, 5) is 13.9. The lowest BCUT2D eigenvalue weighted by Crippen LogP contribution is -2.32. The minimum Gasteiger partial charge on any atom is -0.479 e. The Morgan fingerprint density at radius 2 is 1.92 bits per heavy atom. The van der Waals surface area contributed by atoms with Crippen LogP contribution in [0.2, 0.25) is 5.02 Å². The van der Waals surface area contributed by atoms with E-state index in [0.29, 0.717) is 6.42 Å². The third-order valence-corrected chi connectivity index (χ3v) is 3.99. The zero-order valence-electron chi connectivity index (χ0n) is 12.8. The van der Waals surface area contributed by atoms with Gasteiger partial charge in [0.1, 0.15) is 17.3 Å². The zero-order chi connectivity index (χ0) is 18.0. The second-order valence-corrected chi connectivity index (χ2v) is 5.71. The Morgan fingerprint density at radius 1 is 1.16 bits per heavy atom. The van der Waals surface area contributed by atoms with Crippen LogP contribution in [-0.4, -0.2) is 25.2 Å². The number of carbonyl (C=O) groups is 1. The Labute approximate surface area is 146 Å². The molecule has 8 heteroatoms. The molecule has 1 amide bonds. The first kappa shape index (κ1) is 17.4. The summed E-state index contributed by atoms with van der Waals surface area (Å²) in [5, 5.41) is 0.0488. The minimum atomic E-state index is -3.00. The topological polar surface area (TPSA) is 38.8 Å². The molecule has 1 aliphatic heterocycles. The highest BCUT2D eigenvalue weighted by Crippen LogP contribution is 2.34. The fourth-order valence-electron chi connectivity index (χ4n) is 2.60. The van der Waals surface area contributed by atoms with E-state index in [1.807, 2.05) is 0 Å². The Balaban J connectivity index is 1.78. The molecule has 0 saturated carbocycles. The molecule has 0 radical (unpaired) electrons. The first-order valence-electron chi connectivity index (χ1n) is 7.42. The summed E-state index contributed by atoms with van der Waals surface area (Å²) < 4.78 is 48.2. The van der Waals surface area contributed by atoms with Crippen LogP contribution in [0.1, 0.15) is 6.42 Å². The standard InChI is InChI=1S/C17H13ClF3NO3/c18-11-9-10(19)5-6-13(11)24-15-7-8-22(16(15)23)12-3-1-2-4-14(12)25-17(20)21/h1-6,9,15,17H,7-8H2/t15-/m0/s1. The summed E-state index contributed by atoms with van der Waals surface area (Å²) in [6.45, 7) is -2.73. The van der Waals surface area contributed by atoms with Crippen molar-refractivity contribution >= 4 is 23.2 Å². The predicted molar refractivity (Wildman–Crippen MR) is 85.9 cm³/mol. The molecule has 0 bridgehead atoms. The number of amides is 1. The lowest BCUT2D eigenvalue weighted by Gasteiger charge is -2.20. The zero-order valence-corrected chi connectivity index (χ0v) is 13.6. The number of halogens is 4. The molecular weight excluding hydrogens is 359 g/mol. The van der Waals surface area contributed by atoms with Crippen LogP contribution in [0.25, 0.3) is 0 Å². The van der Waals surface area contributed by atoms with Gasteiger partial charge in [0.05, 0.1) is 10.7 Å². The van der Waals surface area contributed by atoms with Gasteiger partial charge in [-0.1, -0.05) is 23.7 Å². The Morgan fingerprint density at radius 3 is 2.64 bits per heavy atom. The Bertz CT molecular complexity index is 787. The first-order valence-corrected chi connectivity index (χ1v) is 7.80. The summed E-state index contributed by atoms with van der Waals surface area (Å²) >= 11 is 5.90. The molecule has 25 heavy (non-hydrogen) atoms. The van der Waals surface area contributed by atoms with Crippen molar-refractivity contribution in [2.45, 2.75) is 19.1 Å². The first-order chi connectivity index (χ1) is 12.0. The van der Waals surface area contributed by atoms with Crippen molar-refractivity contribution in [3.8, 4) is 11.5 Å². The van der Waals surface area contributed by atoms with Crippen LogP contribution in [0.4, 0.5) is 18.9 Å². The van der Waals surface area contributed by atoms with E-state index in [-0.39, 0.29) is 28.8 Å². The lowest BCUT2D eigenvalue weighted by atomic mass is 10.2. The predicted octanol–water partition coefficient (Wildman–Crippen LogP) is 4.26. The van der Waals surface area contributed by atoms with E-state index in [4.69, 9.17) is 16.3 Å². The molecule has 4 nitrogen and oxygen atoms in total. The molecule has 0 unspecified atom stereocenters. The van der Waals surface area contributed by atoms with Gasteiger partial charge >= 0.3 is 6.61 Å². The van der Waals surface area contributed by atoms with Crippen LogP contribution in [0.3, 0.4) is 0 Å². The maximum Gasteiger partial charge on any atom is 0.387 e. The number of nitrogens with zero attached hydrogens (tertiary/aromatic N) is 1. The fraction of sp³-hybridized carbons (Fsp3) is 0.235. The molecule has 1 atom stereocenters. The lowest BCUT2D eigenvalue weighted by molar-refractivity contribution is -0.123. The van der Waals surface area contributed by atoms with Gasteiger partial charge in [0.2, 0.25) is 0 Å². The number of anilines is 1. The third-order valence-electron chi connectivity index (χ3n) is 3.69. The van der Waals surface area contributed by atoms with Crippen molar-refractivity contribution in [2.75, 3.05) is 11.4 Å². The fourth-order valence-corrected chi connectivity index (χ4v) is 2.81. The maximum absolute atomic E-state index is 13.1. The minimum absolute atomic E-state index is 0.0488. The summed E-state index contributed by atoms with van der Waals surface area (Å²) in [5.74, 6) is -0.841. The quantitative estimate of drug-likeness (QED) is 0.788. The van der Waals surface area contributed by atoms with E-state index in [1.165, 1.54) is 35.2 Å². The summed E-state index contributed by atoms with van der Waals surface area (Å²) in [5.41, 5.74) is 0.240. The van der Waals surface area contributed by atoms with Crippen molar-refractivity contribution in [3.05, 3.63) is 53.3 Å². The highest BCUT2D eigenvalue weighted by molar-refractivity contribution is 6.32. The van der Waals surface area contributed by atoms with E-state index in [9.17, 15) is 18.0 Å². The molecule has 0 spiro atoms. The van der Waals surface area contributed by atoms with Crippen LogP contribution in [-0.2, 0) is 4.79 Å². The van der Waals surface area contributed by atoms with Crippen LogP contribution >= 0.6 is 11.6 Å². The van der Waals surface area contributed by atoms with Gasteiger partial charge in [0.15, 0.2) is 6.10 Å². The van der Waals surface area contributed by atoms with Gasteiger partial charge in [-0.15, -0.1) is 0 Å². The van der Waals surface area contributed by atoms with Gasteiger partial charge in [-0.05, 0) is 30.3 Å². The van der Waals surface area contributed by atoms with Gasteiger partial charge in [-0.2, -0.15) is 8.78 Å². The molecule has 3 rings (SSSR count). The van der Waals surface area contributed by atoms with Gasteiger partial charge in [0.25, 0.3) is 5.91 Å². The number of benzene rings is 2. The van der Waals surface area contributed by atoms with Crippen molar-refractivity contribution in [2.24, 2.45) is 0 Å². The molecule has 2 aromatic carbocycles. The van der Waals surface area contributed by atoms with Crippen LogP contribution in [0, 0.1) is 5.82 Å². The summed E-state index contributed by atoms with van der Waals surface area (Å²) in [6.07, 6.45) is -0.516.